The van der Waals surface area contributed by atoms with Gasteiger partial charge in [0, 0.05) is 5.92 Å². The number of carbonyl (C=O) groups excluding carboxylic acids is 1. The first-order chi connectivity index (χ1) is 11.2. The van der Waals surface area contributed by atoms with Crippen LogP contribution in [0, 0.1) is 12.8 Å². The molecule has 0 radical (unpaired) electrons. The van der Waals surface area contributed by atoms with Crippen molar-refractivity contribution in [1.82, 2.24) is 5.32 Å². The number of ether oxygens (including phenoxy) is 1. The molecule has 1 aliphatic heterocycles. The van der Waals surface area contributed by atoms with Crippen LogP contribution in [0.25, 0.3) is 0 Å². The Morgan fingerprint density at radius 3 is 2.62 bits per heavy atom. The molecule has 0 unspecified atom stereocenters. The molecule has 0 bridgehead atoms. The summed E-state index contributed by atoms with van der Waals surface area (Å²) in [5.74, 6) is 1.59. The van der Waals surface area contributed by atoms with Crippen LogP contribution >= 0.6 is 12.4 Å². The van der Waals surface area contributed by atoms with Crippen LogP contribution in [0.1, 0.15) is 18.4 Å². The van der Waals surface area contributed by atoms with Crippen LogP contribution in [0.5, 0.6) is 11.5 Å². The maximum atomic E-state index is 12.4. The van der Waals surface area contributed by atoms with Crippen LogP contribution in [0.4, 0.5) is 5.69 Å². The summed E-state index contributed by atoms with van der Waals surface area (Å²) < 4.78 is 5.95. The highest BCUT2D eigenvalue weighted by Crippen LogP contribution is 2.30. The first-order valence-corrected chi connectivity index (χ1v) is 8.07. The summed E-state index contributed by atoms with van der Waals surface area (Å²) in [4.78, 5) is 12.4. The molecule has 5 heteroatoms. The molecule has 2 aromatic carbocycles. The molecule has 0 aliphatic carbocycles. The summed E-state index contributed by atoms with van der Waals surface area (Å²) in [7, 11) is 0. The van der Waals surface area contributed by atoms with Crippen molar-refractivity contribution in [1.29, 1.82) is 0 Å². The second-order valence-corrected chi connectivity index (χ2v) is 5.93. The molecule has 0 saturated carbocycles. The molecule has 1 fully saturated rings. The molecule has 1 amide bonds. The van der Waals surface area contributed by atoms with Crippen LogP contribution in [0.15, 0.2) is 48.5 Å². The van der Waals surface area contributed by atoms with E-state index in [4.69, 9.17) is 4.74 Å². The minimum Gasteiger partial charge on any atom is -0.455 e. The Balaban J connectivity index is 0.00000208. The van der Waals surface area contributed by atoms with Gasteiger partial charge in [-0.25, -0.2) is 0 Å². The number of rotatable bonds is 4. The van der Waals surface area contributed by atoms with Gasteiger partial charge in [0.25, 0.3) is 0 Å². The lowest BCUT2D eigenvalue weighted by molar-refractivity contribution is -0.120. The van der Waals surface area contributed by atoms with Gasteiger partial charge in [-0.05, 0) is 62.7 Å². The lowest BCUT2D eigenvalue weighted by Crippen LogP contribution is -2.34. The minimum absolute atomic E-state index is 0. The van der Waals surface area contributed by atoms with Crippen molar-refractivity contribution < 1.29 is 9.53 Å². The van der Waals surface area contributed by atoms with E-state index in [2.05, 4.69) is 10.6 Å². The Kier molecular flexibility index (Phi) is 6.64. The SMILES string of the molecule is Cc1cccc(Oc2ccccc2NC(=O)C2CCNCC2)c1.Cl. The van der Waals surface area contributed by atoms with Crippen LogP contribution in [-0.4, -0.2) is 19.0 Å². The number of hydrogen-bond donors (Lipinski definition) is 2. The molecule has 24 heavy (non-hydrogen) atoms. The molecule has 2 N–H and O–H groups in total. The number of anilines is 1. The van der Waals surface area contributed by atoms with Crippen molar-refractivity contribution in [2.24, 2.45) is 5.92 Å². The van der Waals surface area contributed by atoms with Crippen LogP contribution in [-0.2, 0) is 4.79 Å². The topological polar surface area (TPSA) is 50.4 Å². The number of aryl methyl sites for hydroxylation is 1. The largest absolute Gasteiger partial charge is 0.455 e. The van der Waals surface area contributed by atoms with Gasteiger partial charge in [-0.3, -0.25) is 4.79 Å². The van der Waals surface area contributed by atoms with E-state index in [0.29, 0.717) is 5.75 Å². The summed E-state index contributed by atoms with van der Waals surface area (Å²) in [5, 5.41) is 6.30. The average Bonchev–Trinajstić information content (AvgIpc) is 2.57. The number of amides is 1. The van der Waals surface area contributed by atoms with E-state index in [0.717, 1.165) is 42.9 Å². The lowest BCUT2D eigenvalue weighted by Gasteiger charge is -2.22. The molecule has 1 saturated heterocycles. The Morgan fingerprint density at radius 2 is 1.88 bits per heavy atom. The van der Waals surface area contributed by atoms with Gasteiger partial charge >= 0.3 is 0 Å². The summed E-state index contributed by atoms with van der Waals surface area (Å²) >= 11 is 0. The lowest BCUT2D eigenvalue weighted by atomic mass is 9.97. The highest BCUT2D eigenvalue weighted by Gasteiger charge is 2.21. The van der Waals surface area contributed by atoms with Crippen LogP contribution in [0.3, 0.4) is 0 Å². The summed E-state index contributed by atoms with van der Waals surface area (Å²) in [6, 6.07) is 15.4. The van der Waals surface area contributed by atoms with Crippen molar-refractivity contribution >= 4 is 24.0 Å². The number of carbonyl (C=O) groups is 1. The average molecular weight is 347 g/mol. The monoisotopic (exact) mass is 346 g/mol. The van der Waals surface area contributed by atoms with Gasteiger partial charge in [0.15, 0.2) is 5.75 Å². The van der Waals surface area contributed by atoms with Gasteiger partial charge in [0.1, 0.15) is 5.75 Å². The molecule has 128 valence electrons. The molecule has 4 nitrogen and oxygen atoms in total. The quantitative estimate of drug-likeness (QED) is 0.874. The molecular weight excluding hydrogens is 324 g/mol. The number of piperidine rings is 1. The predicted octanol–water partition coefficient (Wildman–Crippen LogP) is 4.15. The fourth-order valence-electron chi connectivity index (χ4n) is 2.78. The maximum absolute atomic E-state index is 12.4. The van der Waals surface area contributed by atoms with Crippen molar-refractivity contribution in [2.75, 3.05) is 18.4 Å². The molecule has 0 spiro atoms. The van der Waals surface area contributed by atoms with Gasteiger partial charge in [-0.15, -0.1) is 12.4 Å². The van der Waals surface area contributed by atoms with E-state index in [9.17, 15) is 4.79 Å². The van der Waals surface area contributed by atoms with Crippen molar-refractivity contribution in [3.63, 3.8) is 0 Å². The molecule has 3 rings (SSSR count). The summed E-state index contributed by atoms with van der Waals surface area (Å²) in [5.41, 5.74) is 1.86. The Bertz CT molecular complexity index is 685. The Hall–Kier alpha value is -2.04. The summed E-state index contributed by atoms with van der Waals surface area (Å²) in [6.07, 6.45) is 1.76. The van der Waals surface area contributed by atoms with Gasteiger partial charge in [0.05, 0.1) is 5.69 Å². The van der Waals surface area contributed by atoms with E-state index in [1.165, 1.54) is 0 Å². The van der Waals surface area contributed by atoms with Gasteiger partial charge in [-0.1, -0.05) is 24.3 Å². The maximum Gasteiger partial charge on any atom is 0.227 e. The summed E-state index contributed by atoms with van der Waals surface area (Å²) in [6.45, 7) is 3.83. The number of hydrogen-bond acceptors (Lipinski definition) is 3. The molecule has 0 atom stereocenters. The van der Waals surface area contributed by atoms with E-state index in [1.54, 1.807) is 0 Å². The minimum atomic E-state index is 0. The molecule has 0 aromatic heterocycles. The normalized spacial score (nSPS) is 14.5. The van der Waals surface area contributed by atoms with Crippen LogP contribution < -0.4 is 15.4 Å². The fraction of sp³-hybridized carbons (Fsp3) is 0.316. The highest BCUT2D eigenvalue weighted by molar-refractivity contribution is 5.94. The van der Waals surface area contributed by atoms with E-state index in [-0.39, 0.29) is 24.2 Å². The second-order valence-electron chi connectivity index (χ2n) is 5.93. The number of para-hydroxylation sites is 2. The molecule has 1 aliphatic rings. The molecular formula is C19H23ClN2O2. The van der Waals surface area contributed by atoms with E-state index < -0.39 is 0 Å². The van der Waals surface area contributed by atoms with Crippen LogP contribution in [0.2, 0.25) is 0 Å². The Labute approximate surface area is 149 Å². The third-order valence-corrected chi connectivity index (χ3v) is 4.07. The smallest absolute Gasteiger partial charge is 0.227 e. The van der Waals surface area contributed by atoms with E-state index in [1.807, 2.05) is 55.5 Å². The van der Waals surface area contributed by atoms with Gasteiger partial charge < -0.3 is 15.4 Å². The molecule has 1 heterocycles. The van der Waals surface area contributed by atoms with Crippen molar-refractivity contribution in [2.45, 2.75) is 19.8 Å². The molecule has 2 aromatic rings. The zero-order chi connectivity index (χ0) is 16.1. The first kappa shape index (κ1) is 18.3. The van der Waals surface area contributed by atoms with Crippen molar-refractivity contribution in [3.05, 3.63) is 54.1 Å². The zero-order valence-corrected chi connectivity index (χ0v) is 14.6. The third-order valence-electron chi connectivity index (χ3n) is 4.07. The highest BCUT2D eigenvalue weighted by atomic mass is 35.5. The van der Waals surface area contributed by atoms with Gasteiger partial charge in [-0.2, -0.15) is 0 Å². The third kappa shape index (κ3) is 4.73. The standard InChI is InChI=1S/C19H22N2O2.ClH/c1-14-5-4-6-16(13-14)23-18-8-3-2-7-17(18)21-19(22)15-9-11-20-12-10-15;/h2-8,13,15,20H,9-12H2,1H3,(H,21,22);1H. The fourth-order valence-corrected chi connectivity index (χ4v) is 2.78. The number of benzene rings is 2. The van der Waals surface area contributed by atoms with E-state index >= 15 is 0 Å². The number of halogens is 1. The van der Waals surface area contributed by atoms with Crippen molar-refractivity contribution in [3.8, 4) is 11.5 Å². The number of nitrogens with one attached hydrogen (secondary N) is 2. The predicted molar refractivity (Wildman–Crippen MR) is 99.2 cm³/mol. The second kappa shape index (κ2) is 8.71. The van der Waals surface area contributed by atoms with Gasteiger partial charge in [0.2, 0.25) is 5.91 Å². The Morgan fingerprint density at radius 1 is 1.12 bits per heavy atom. The zero-order valence-electron chi connectivity index (χ0n) is 13.7. The first-order valence-electron chi connectivity index (χ1n) is 8.07.